The summed E-state index contributed by atoms with van der Waals surface area (Å²) in [5, 5.41) is 13.4. The summed E-state index contributed by atoms with van der Waals surface area (Å²) in [5.41, 5.74) is 1.99. The highest BCUT2D eigenvalue weighted by Crippen LogP contribution is 2.33. The SMILES string of the molecule is CCc1cc2c(Nc3ccc(C(=O)O)cc3)nc(-c3ccccc3)nc2s1. The maximum atomic E-state index is 11.0. The number of nitrogens with zero attached hydrogens (tertiary/aromatic N) is 2. The van der Waals surface area contributed by atoms with Crippen molar-refractivity contribution in [2.75, 3.05) is 5.32 Å². The fourth-order valence-electron chi connectivity index (χ4n) is 2.79. The topological polar surface area (TPSA) is 75.1 Å². The predicted molar refractivity (Wildman–Crippen MR) is 109 cm³/mol. The van der Waals surface area contributed by atoms with Crippen LogP contribution < -0.4 is 5.32 Å². The zero-order valence-electron chi connectivity index (χ0n) is 14.6. The van der Waals surface area contributed by atoms with E-state index in [1.807, 2.05) is 30.3 Å². The van der Waals surface area contributed by atoms with Crippen molar-refractivity contribution in [3.05, 3.63) is 71.1 Å². The van der Waals surface area contributed by atoms with Crippen LogP contribution in [0.4, 0.5) is 11.5 Å². The lowest BCUT2D eigenvalue weighted by molar-refractivity contribution is 0.0697. The molecule has 0 aliphatic heterocycles. The molecule has 27 heavy (non-hydrogen) atoms. The highest BCUT2D eigenvalue weighted by atomic mass is 32.1. The Kier molecular flexibility index (Phi) is 4.56. The summed E-state index contributed by atoms with van der Waals surface area (Å²) in [6.45, 7) is 2.12. The number of hydrogen-bond donors (Lipinski definition) is 2. The molecule has 2 aromatic heterocycles. The Bertz CT molecular complexity index is 1110. The minimum absolute atomic E-state index is 0.252. The van der Waals surface area contributed by atoms with Crippen LogP contribution in [0.25, 0.3) is 21.6 Å². The fraction of sp³-hybridized carbons (Fsp3) is 0.0952. The van der Waals surface area contributed by atoms with Gasteiger partial charge in [0.1, 0.15) is 10.6 Å². The van der Waals surface area contributed by atoms with Gasteiger partial charge in [-0.2, -0.15) is 0 Å². The molecule has 2 heterocycles. The molecular weight excluding hydrogens is 358 g/mol. The van der Waals surface area contributed by atoms with Crippen molar-refractivity contribution in [2.45, 2.75) is 13.3 Å². The lowest BCUT2D eigenvalue weighted by atomic mass is 10.2. The van der Waals surface area contributed by atoms with Crippen LogP contribution in [0, 0.1) is 0 Å². The van der Waals surface area contributed by atoms with E-state index < -0.39 is 5.97 Å². The molecule has 134 valence electrons. The second-order valence-electron chi connectivity index (χ2n) is 6.05. The van der Waals surface area contributed by atoms with Crippen LogP contribution in [0.15, 0.2) is 60.7 Å². The van der Waals surface area contributed by atoms with E-state index in [1.54, 1.807) is 35.6 Å². The van der Waals surface area contributed by atoms with Crippen LogP contribution >= 0.6 is 11.3 Å². The average molecular weight is 375 g/mol. The third-order valence-electron chi connectivity index (χ3n) is 4.22. The monoisotopic (exact) mass is 375 g/mol. The zero-order chi connectivity index (χ0) is 18.8. The summed E-state index contributed by atoms with van der Waals surface area (Å²) < 4.78 is 0. The van der Waals surface area contributed by atoms with Gasteiger partial charge in [0.15, 0.2) is 5.82 Å². The van der Waals surface area contributed by atoms with Gasteiger partial charge in [0.2, 0.25) is 0 Å². The van der Waals surface area contributed by atoms with E-state index in [-0.39, 0.29) is 5.56 Å². The Labute approximate surface area is 160 Å². The van der Waals surface area contributed by atoms with Crippen LogP contribution in [-0.4, -0.2) is 21.0 Å². The van der Waals surface area contributed by atoms with Crippen molar-refractivity contribution in [3.63, 3.8) is 0 Å². The van der Waals surface area contributed by atoms with Gasteiger partial charge in [-0.1, -0.05) is 37.3 Å². The van der Waals surface area contributed by atoms with E-state index in [4.69, 9.17) is 15.1 Å². The lowest BCUT2D eigenvalue weighted by Crippen LogP contribution is -1.99. The van der Waals surface area contributed by atoms with Gasteiger partial charge in [0.25, 0.3) is 0 Å². The van der Waals surface area contributed by atoms with Gasteiger partial charge in [0, 0.05) is 16.1 Å². The van der Waals surface area contributed by atoms with Crippen LogP contribution in [0.2, 0.25) is 0 Å². The number of aromatic carboxylic acids is 1. The third kappa shape index (κ3) is 3.52. The molecule has 4 rings (SSSR count). The summed E-state index contributed by atoms with van der Waals surface area (Å²) in [6.07, 6.45) is 0.939. The largest absolute Gasteiger partial charge is 0.478 e. The first-order valence-corrected chi connectivity index (χ1v) is 9.42. The van der Waals surface area contributed by atoms with E-state index in [0.717, 1.165) is 33.7 Å². The normalized spacial score (nSPS) is 10.9. The standard InChI is InChI=1S/C21H17N3O2S/c1-2-16-12-17-19(22-15-10-8-14(9-11-15)21(25)26)23-18(24-20(17)27-16)13-6-4-3-5-7-13/h3-12H,2H2,1H3,(H,25,26)(H,22,23,24). The van der Waals surface area contributed by atoms with Crippen molar-refractivity contribution >= 4 is 39.0 Å². The number of anilines is 2. The van der Waals surface area contributed by atoms with Crippen molar-refractivity contribution in [2.24, 2.45) is 0 Å². The molecule has 5 nitrogen and oxygen atoms in total. The van der Waals surface area contributed by atoms with Gasteiger partial charge in [0.05, 0.1) is 10.9 Å². The van der Waals surface area contributed by atoms with E-state index in [0.29, 0.717) is 5.82 Å². The molecule has 2 aromatic carbocycles. The van der Waals surface area contributed by atoms with Crippen LogP contribution in [0.5, 0.6) is 0 Å². The number of nitrogens with one attached hydrogen (secondary N) is 1. The number of thiophene rings is 1. The number of aromatic nitrogens is 2. The third-order valence-corrected chi connectivity index (χ3v) is 5.39. The summed E-state index contributed by atoms with van der Waals surface area (Å²) in [7, 11) is 0. The summed E-state index contributed by atoms with van der Waals surface area (Å²) in [5.74, 6) is 0.442. The Morgan fingerprint density at radius 1 is 1.07 bits per heavy atom. The first kappa shape index (κ1) is 17.2. The molecule has 0 radical (unpaired) electrons. The number of carbonyl (C=O) groups is 1. The molecule has 6 heteroatoms. The van der Waals surface area contributed by atoms with Gasteiger partial charge < -0.3 is 10.4 Å². The molecule has 0 aliphatic carbocycles. The summed E-state index contributed by atoms with van der Waals surface area (Å²) in [6, 6.07) is 18.6. The van der Waals surface area contributed by atoms with E-state index in [2.05, 4.69) is 18.3 Å². The molecule has 0 saturated heterocycles. The molecule has 0 spiro atoms. The van der Waals surface area contributed by atoms with Gasteiger partial charge in [-0.3, -0.25) is 0 Å². The molecule has 0 bridgehead atoms. The van der Waals surface area contributed by atoms with Gasteiger partial charge in [-0.15, -0.1) is 11.3 Å². The molecule has 4 aromatic rings. The lowest BCUT2D eigenvalue weighted by Gasteiger charge is -2.09. The van der Waals surface area contributed by atoms with Crippen molar-refractivity contribution in [1.82, 2.24) is 9.97 Å². The Balaban J connectivity index is 1.79. The number of carboxylic acid groups (broad SMARTS) is 1. The quantitative estimate of drug-likeness (QED) is 0.491. The second kappa shape index (κ2) is 7.17. The smallest absolute Gasteiger partial charge is 0.335 e. The molecule has 0 amide bonds. The number of hydrogen-bond acceptors (Lipinski definition) is 5. The maximum Gasteiger partial charge on any atom is 0.335 e. The first-order chi connectivity index (χ1) is 13.1. The molecule has 0 atom stereocenters. The van der Waals surface area contributed by atoms with E-state index in [1.165, 1.54) is 4.88 Å². The van der Waals surface area contributed by atoms with Crippen LogP contribution in [0.3, 0.4) is 0 Å². The maximum absolute atomic E-state index is 11.0. The van der Waals surface area contributed by atoms with E-state index in [9.17, 15) is 4.79 Å². The fourth-order valence-corrected chi connectivity index (χ4v) is 3.76. The number of aryl methyl sites for hydroxylation is 1. The number of benzene rings is 2. The Morgan fingerprint density at radius 3 is 2.48 bits per heavy atom. The van der Waals surface area contributed by atoms with Crippen molar-refractivity contribution in [1.29, 1.82) is 0 Å². The molecule has 2 N–H and O–H groups in total. The number of rotatable bonds is 5. The second-order valence-corrected chi connectivity index (χ2v) is 7.17. The van der Waals surface area contributed by atoms with Gasteiger partial charge in [-0.05, 0) is 36.8 Å². The first-order valence-electron chi connectivity index (χ1n) is 8.60. The molecular formula is C21H17N3O2S. The average Bonchev–Trinajstić information content (AvgIpc) is 3.13. The summed E-state index contributed by atoms with van der Waals surface area (Å²) in [4.78, 5) is 22.7. The van der Waals surface area contributed by atoms with Gasteiger partial charge >= 0.3 is 5.97 Å². The van der Waals surface area contributed by atoms with Crippen LogP contribution in [-0.2, 0) is 6.42 Å². The zero-order valence-corrected chi connectivity index (χ0v) is 15.5. The summed E-state index contributed by atoms with van der Waals surface area (Å²) >= 11 is 1.67. The Hall–Kier alpha value is -3.25. The van der Waals surface area contributed by atoms with E-state index >= 15 is 0 Å². The van der Waals surface area contributed by atoms with Crippen molar-refractivity contribution < 1.29 is 9.90 Å². The number of carboxylic acids is 1. The minimum atomic E-state index is -0.942. The number of fused-ring (bicyclic) bond motifs is 1. The van der Waals surface area contributed by atoms with Crippen LogP contribution in [0.1, 0.15) is 22.2 Å². The van der Waals surface area contributed by atoms with Gasteiger partial charge in [-0.25, -0.2) is 14.8 Å². The van der Waals surface area contributed by atoms with Crippen molar-refractivity contribution in [3.8, 4) is 11.4 Å². The Morgan fingerprint density at radius 2 is 1.81 bits per heavy atom. The molecule has 0 unspecified atom stereocenters. The molecule has 0 fully saturated rings. The molecule has 0 saturated carbocycles. The molecule has 0 aliphatic rings. The highest BCUT2D eigenvalue weighted by Gasteiger charge is 2.13. The highest BCUT2D eigenvalue weighted by molar-refractivity contribution is 7.18. The minimum Gasteiger partial charge on any atom is -0.478 e. The predicted octanol–water partition coefficient (Wildman–Crippen LogP) is 5.36.